The van der Waals surface area contributed by atoms with E-state index < -0.39 is 23.5 Å². The van der Waals surface area contributed by atoms with Crippen molar-refractivity contribution in [2.45, 2.75) is 31.2 Å². The van der Waals surface area contributed by atoms with Crippen LogP contribution in [0.15, 0.2) is 36.7 Å². The van der Waals surface area contributed by atoms with Crippen molar-refractivity contribution in [3.63, 3.8) is 0 Å². The minimum Gasteiger partial charge on any atom is -0.493 e. The molecule has 0 saturated carbocycles. The van der Waals surface area contributed by atoms with Gasteiger partial charge in [0, 0.05) is 28.7 Å². The van der Waals surface area contributed by atoms with E-state index in [9.17, 15) is 13.6 Å². The van der Waals surface area contributed by atoms with Gasteiger partial charge in [-0.15, -0.1) is 0 Å². The predicted molar refractivity (Wildman–Crippen MR) is 108 cm³/mol. The van der Waals surface area contributed by atoms with Gasteiger partial charge in [0.15, 0.2) is 11.6 Å². The van der Waals surface area contributed by atoms with Crippen LogP contribution in [-0.2, 0) is 4.79 Å². The van der Waals surface area contributed by atoms with Crippen LogP contribution in [0.1, 0.15) is 36.4 Å². The lowest BCUT2D eigenvalue weighted by atomic mass is 9.93. The molecule has 1 amide bonds. The fourth-order valence-electron chi connectivity index (χ4n) is 4.25. The van der Waals surface area contributed by atoms with Crippen LogP contribution in [0, 0.1) is 11.6 Å². The average Bonchev–Trinajstić information content (AvgIpc) is 3.38. The van der Waals surface area contributed by atoms with Crippen LogP contribution in [0.5, 0.6) is 5.75 Å². The Balaban J connectivity index is 1.45. The molecule has 2 aliphatic rings. The number of ether oxygens (including phenoxy) is 1. The molecular formula is C22H20F2N4O2. The van der Waals surface area contributed by atoms with Crippen molar-refractivity contribution >= 4 is 22.5 Å². The molecule has 0 aliphatic carbocycles. The number of carbonyl (C=O) groups excluding carboxylic acids is 1. The van der Waals surface area contributed by atoms with Gasteiger partial charge in [0.2, 0.25) is 5.91 Å². The average molecular weight is 410 g/mol. The van der Waals surface area contributed by atoms with Crippen molar-refractivity contribution in [3.8, 4) is 5.75 Å². The van der Waals surface area contributed by atoms with E-state index in [-0.39, 0.29) is 11.3 Å². The monoisotopic (exact) mass is 410 g/mol. The van der Waals surface area contributed by atoms with E-state index in [0.717, 1.165) is 19.0 Å². The SMILES string of the molecule is O=C1Nc2ccc(F)c(F)c2C1c1ncnc2cc(OCCC3CCCN3)ccc12. The van der Waals surface area contributed by atoms with Crippen LogP contribution >= 0.6 is 0 Å². The van der Waals surface area contributed by atoms with Crippen LogP contribution < -0.4 is 15.4 Å². The normalized spacial score (nSPS) is 20.4. The van der Waals surface area contributed by atoms with Gasteiger partial charge < -0.3 is 15.4 Å². The number of hydrogen-bond donors (Lipinski definition) is 2. The molecule has 1 aromatic heterocycles. The zero-order valence-corrected chi connectivity index (χ0v) is 16.1. The van der Waals surface area contributed by atoms with Crippen molar-refractivity contribution in [3.05, 3.63) is 59.6 Å². The van der Waals surface area contributed by atoms with Gasteiger partial charge >= 0.3 is 0 Å². The maximum Gasteiger partial charge on any atom is 0.238 e. The fourth-order valence-corrected chi connectivity index (χ4v) is 4.25. The number of hydrogen-bond acceptors (Lipinski definition) is 5. The van der Waals surface area contributed by atoms with Crippen molar-refractivity contribution in [1.29, 1.82) is 0 Å². The Labute approximate surface area is 171 Å². The molecule has 0 radical (unpaired) electrons. The van der Waals surface area contributed by atoms with Gasteiger partial charge in [-0.05, 0) is 50.1 Å². The van der Waals surface area contributed by atoms with Gasteiger partial charge in [-0.2, -0.15) is 0 Å². The lowest BCUT2D eigenvalue weighted by molar-refractivity contribution is -0.116. The number of nitrogens with zero attached hydrogens (tertiary/aromatic N) is 2. The van der Waals surface area contributed by atoms with E-state index in [2.05, 4.69) is 20.6 Å². The Kier molecular flexibility index (Phi) is 4.78. The molecule has 5 rings (SSSR count). The van der Waals surface area contributed by atoms with E-state index in [1.165, 1.54) is 25.2 Å². The number of nitrogens with one attached hydrogen (secondary N) is 2. The molecule has 1 fully saturated rings. The molecule has 3 aromatic rings. The van der Waals surface area contributed by atoms with Gasteiger partial charge in [-0.1, -0.05) is 0 Å². The summed E-state index contributed by atoms with van der Waals surface area (Å²) in [5, 5.41) is 6.64. The van der Waals surface area contributed by atoms with E-state index >= 15 is 0 Å². The molecule has 1 saturated heterocycles. The number of benzene rings is 2. The molecule has 30 heavy (non-hydrogen) atoms. The number of halogens is 2. The number of amides is 1. The molecule has 6 nitrogen and oxygen atoms in total. The van der Waals surface area contributed by atoms with Crippen molar-refractivity contribution < 1.29 is 18.3 Å². The van der Waals surface area contributed by atoms with Crippen LogP contribution in [0.25, 0.3) is 10.9 Å². The number of rotatable bonds is 5. The summed E-state index contributed by atoms with van der Waals surface area (Å²) in [5.41, 5.74) is 1.15. The second-order valence-corrected chi connectivity index (χ2v) is 7.61. The number of carbonyl (C=O) groups is 1. The number of anilines is 1. The Morgan fingerprint density at radius 1 is 1.17 bits per heavy atom. The highest BCUT2D eigenvalue weighted by Gasteiger charge is 2.38. The van der Waals surface area contributed by atoms with E-state index in [1.807, 2.05) is 0 Å². The van der Waals surface area contributed by atoms with Gasteiger partial charge in [-0.25, -0.2) is 18.7 Å². The molecule has 8 heteroatoms. The van der Waals surface area contributed by atoms with E-state index in [1.54, 1.807) is 18.2 Å². The second kappa shape index (κ2) is 7.60. The Bertz CT molecular complexity index is 1130. The second-order valence-electron chi connectivity index (χ2n) is 7.61. The van der Waals surface area contributed by atoms with E-state index in [0.29, 0.717) is 35.0 Å². The summed E-state index contributed by atoms with van der Waals surface area (Å²) < 4.78 is 34.2. The molecule has 0 spiro atoms. The van der Waals surface area contributed by atoms with Gasteiger partial charge in [0.05, 0.1) is 17.8 Å². The van der Waals surface area contributed by atoms with Crippen molar-refractivity contribution in [1.82, 2.24) is 15.3 Å². The first kappa shape index (κ1) is 18.9. The summed E-state index contributed by atoms with van der Waals surface area (Å²) in [6, 6.07) is 8.18. The maximum atomic E-state index is 14.5. The third kappa shape index (κ3) is 3.27. The first-order valence-electron chi connectivity index (χ1n) is 10.0. The fraction of sp³-hybridized carbons (Fsp3) is 0.318. The standard InChI is InChI=1S/C22H20F2N4O2/c23-15-5-6-16-18(20(15)24)19(22(29)28-16)21-14-4-3-13(10-17(14)26-11-27-21)30-9-7-12-2-1-8-25-12/h3-6,10-12,19,25H,1-2,7-9H2,(H,28,29). The summed E-state index contributed by atoms with van der Waals surface area (Å²) in [6.07, 6.45) is 4.62. The zero-order chi connectivity index (χ0) is 20.7. The topological polar surface area (TPSA) is 76.1 Å². The van der Waals surface area contributed by atoms with Crippen LogP contribution in [0.4, 0.5) is 14.5 Å². The summed E-state index contributed by atoms with van der Waals surface area (Å²) in [5.74, 6) is -2.86. The molecule has 3 heterocycles. The van der Waals surface area contributed by atoms with Crippen LogP contribution in [0.3, 0.4) is 0 Å². The quantitative estimate of drug-likeness (QED) is 0.673. The summed E-state index contributed by atoms with van der Waals surface area (Å²) in [7, 11) is 0. The Morgan fingerprint density at radius 2 is 2.07 bits per heavy atom. The third-order valence-electron chi connectivity index (χ3n) is 5.75. The first-order valence-corrected chi connectivity index (χ1v) is 10.0. The van der Waals surface area contributed by atoms with Gasteiger partial charge in [0.1, 0.15) is 18.0 Å². The molecule has 2 N–H and O–H groups in total. The smallest absolute Gasteiger partial charge is 0.238 e. The number of aromatic nitrogens is 2. The zero-order valence-electron chi connectivity index (χ0n) is 16.1. The summed E-state index contributed by atoms with van der Waals surface area (Å²) in [4.78, 5) is 21.1. The molecule has 2 aromatic carbocycles. The lowest BCUT2D eigenvalue weighted by Gasteiger charge is -2.14. The molecule has 2 aliphatic heterocycles. The van der Waals surface area contributed by atoms with E-state index in [4.69, 9.17) is 4.74 Å². The van der Waals surface area contributed by atoms with Crippen molar-refractivity contribution in [2.24, 2.45) is 0 Å². The van der Waals surface area contributed by atoms with Gasteiger partial charge in [-0.3, -0.25) is 4.79 Å². The molecular weight excluding hydrogens is 390 g/mol. The minimum absolute atomic E-state index is 0.0237. The molecule has 2 atom stereocenters. The summed E-state index contributed by atoms with van der Waals surface area (Å²) in [6.45, 7) is 1.65. The van der Waals surface area contributed by atoms with Crippen LogP contribution in [0.2, 0.25) is 0 Å². The third-order valence-corrected chi connectivity index (χ3v) is 5.75. The Hall–Kier alpha value is -3.13. The van der Waals surface area contributed by atoms with Crippen LogP contribution in [-0.4, -0.2) is 35.1 Å². The highest BCUT2D eigenvalue weighted by molar-refractivity contribution is 6.06. The highest BCUT2D eigenvalue weighted by atomic mass is 19.2. The van der Waals surface area contributed by atoms with Crippen molar-refractivity contribution in [2.75, 3.05) is 18.5 Å². The number of fused-ring (bicyclic) bond motifs is 2. The molecule has 2 unspecified atom stereocenters. The molecule has 154 valence electrons. The first-order chi connectivity index (χ1) is 14.6. The minimum atomic E-state index is -1.04. The van der Waals surface area contributed by atoms with Gasteiger partial charge in [0.25, 0.3) is 0 Å². The summed E-state index contributed by atoms with van der Waals surface area (Å²) >= 11 is 0. The highest BCUT2D eigenvalue weighted by Crippen LogP contribution is 2.41. The molecule has 0 bridgehead atoms. The predicted octanol–water partition coefficient (Wildman–Crippen LogP) is 3.51. The Morgan fingerprint density at radius 3 is 2.90 bits per heavy atom. The largest absolute Gasteiger partial charge is 0.493 e. The maximum absolute atomic E-state index is 14.5. The lowest BCUT2D eigenvalue weighted by Crippen LogP contribution is -2.23.